The maximum Gasteiger partial charge on any atom is 0.234 e. The Morgan fingerprint density at radius 1 is 1.17 bits per heavy atom. The predicted molar refractivity (Wildman–Crippen MR) is 90.6 cm³/mol. The van der Waals surface area contributed by atoms with E-state index in [1.165, 1.54) is 5.56 Å². The Hall–Kier alpha value is -2.33. The van der Waals surface area contributed by atoms with Crippen molar-refractivity contribution in [2.75, 3.05) is 20.2 Å². The largest absolute Gasteiger partial charge is 0.493 e. The maximum absolute atomic E-state index is 12.1. The molecular formula is C19H22N2O2. The number of fused-ring (bicyclic) bond motifs is 1. The smallest absolute Gasteiger partial charge is 0.234 e. The molecule has 1 amide bonds. The van der Waals surface area contributed by atoms with Crippen LogP contribution in [0.1, 0.15) is 29.2 Å². The Morgan fingerprint density at radius 2 is 2.00 bits per heavy atom. The molecule has 1 atom stereocenters. The summed E-state index contributed by atoms with van der Waals surface area (Å²) in [7, 11) is 1.77. The van der Waals surface area contributed by atoms with Crippen molar-refractivity contribution in [3.63, 3.8) is 0 Å². The van der Waals surface area contributed by atoms with E-state index < -0.39 is 0 Å². The van der Waals surface area contributed by atoms with Crippen molar-refractivity contribution >= 4 is 5.91 Å². The summed E-state index contributed by atoms with van der Waals surface area (Å²) in [4.78, 5) is 12.1. The second-order valence-electron chi connectivity index (χ2n) is 5.76. The standard InChI is InChI=1S/C19H22N2O2/c1-20-13-18(22)21-19(14-6-3-2-4-7-14)16-9-10-17-15(12-16)8-5-11-23-17/h2-4,6-7,9-10,12,19-20H,5,8,11,13H2,1H3,(H,21,22). The normalized spacial score (nSPS) is 14.5. The van der Waals surface area contributed by atoms with Crippen LogP contribution >= 0.6 is 0 Å². The Labute approximate surface area is 136 Å². The van der Waals surface area contributed by atoms with Gasteiger partial charge >= 0.3 is 0 Å². The summed E-state index contributed by atoms with van der Waals surface area (Å²) in [6, 6.07) is 16.1. The average Bonchev–Trinajstić information content (AvgIpc) is 2.60. The number of hydrogen-bond acceptors (Lipinski definition) is 3. The minimum absolute atomic E-state index is 0.0182. The van der Waals surface area contributed by atoms with E-state index in [2.05, 4.69) is 16.7 Å². The molecule has 1 aliphatic heterocycles. The van der Waals surface area contributed by atoms with Gasteiger partial charge in [-0.15, -0.1) is 0 Å². The van der Waals surface area contributed by atoms with Gasteiger partial charge in [0.15, 0.2) is 0 Å². The van der Waals surface area contributed by atoms with Gasteiger partial charge in [0.2, 0.25) is 5.91 Å². The highest BCUT2D eigenvalue weighted by Crippen LogP contribution is 2.30. The quantitative estimate of drug-likeness (QED) is 0.892. The fourth-order valence-electron chi connectivity index (χ4n) is 2.94. The third kappa shape index (κ3) is 3.71. The molecule has 0 fully saturated rings. The first-order valence-corrected chi connectivity index (χ1v) is 8.02. The molecule has 1 aliphatic rings. The third-order valence-electron chi connectivity index (χ3n) is 4.04. The Kier molecular flexibility index (Phi) is 4.93. The number of amides is 1. The lowest BCUT2D eigenvalue weighted by molar-refractivity contribution is -0.120. The molecule has 0 saturated carbocycles. The predicted octanol–water partition coefficient (Wildman–Crippen LogP) is 2.44. The molecule has 23 heavy (non-hydrogen) atoms. The van der Waals surface area contributed by atoms with Crippen molar-refractivity contribution in [3.05, 3.63) is 65.2 Å². The highest BCUT2D eigenvalue weighted by Gasteiger charge is 2.19. The van der Waals surface area contributed by atoms with Gasteiger partial charge in [-0.25, -0.2) is 0 Å². The zero-order chi connectivity index (χ0) is 16.1. The monoisotopic (exact) mass is 310 g/mol. The van der Waals surface area contributed by atoms with E-state index in [1.807, 2.05) is 42.5 Å². The molecule has 3 rings (SSSR count). The zero-order valence-electron chi connectivity index (χ0n) is 13.3. The topological polar surface area (TPSA) is 50.4 Å². The summed E-state index contributed by atoms with van der Waals surface area (Å²) in [5.41, 5.74) is 3.39. The number of hydrogen-bond donors (Lipinski definition) is 2. The lowest BCUT2D eigenvalue weighted by Crippen LogP contribution is -2.35. The first-order valence-electron chi connectivity index (χ1n) is 8.02. The number of carbonyl (C=O) groups excluding carboxylic acids is 1. The van der Waals surface area contributed by atoms with Crippen molar-refractivity contribution in [3.8, 4) is 5.75 Å². The summed E-state index contributed by atoms with van der Waals surface area (Å²) in [6.45, 7) is 1.09. The zero-order valence-corrected chi connectivity index (χ0v) is 13.3. The van der Waals surface area contributed by atoms with Gasteiger partial charge in [-0.05, 0) is 48.7 Å². The molecule has 2 aromatic carbocycles. The SMILES string of the molecule is CNCC(=O)NC(c1ccccc1)c1ccc2c(c1)CCCO2. The molecule has 0 aromatic heterocycles. The molecule has 1 unspecified atom stereocenters. The van der Waals surface area contributed by atoms with Crippen LogP contribution in [0.2, 0.25) is 0 Å². The van der Waals surface area contributed by atoms with Crippen LogP contribution in [0.25, 0.3) is 0 Å². The van der Waals surface area contributed by atoms with Crippen LogP contribution in [0.3, 0.4) is 0 Å². The summed E-state index contributed by atoms with van der Waals surface area (Å²) in [5.74, 6) is 0.948. The fraction of sp³-hybridized carbons (Fsp3) is 0.316. The molecule has 0 saturated heterocycles. The van der Waals surface area contributed by atoms with Gasteiger partial charge in [-0.3, -0.25) is 4.79 Å². The van der Waals surface area contributed by atoms with E-state index in [4.69, 9.17) is 4.74 Å². The second-order valence-corrected chi connectivity index (χ2v) is 5.76. The minimum Gasteiger partial charge on any atom is -0.493 e. The molecule has 0 spiro atoms. The molecule has 4 nitrogen and oxygen atoms in total. The fourth-order valence-corrected chi connectivity index (χ4v) is 2.94. The van der Waals surface area contributed by atoms with Crippen LogP contribution in [0.15, 0.2) is 48.5 Å². The molecule has 4 heteroatoms. The number of benzene rings is 2. The Bertz CT molecular complexity index is 670. The molecule has 1 heterocycles. The average molecular weight is 310 g/mol. The minimum atomic E-state index is -0.149. The number of likely N-dealkylation sites (N-methyl/N-ethyl adjacent to an activating group) is 1. The van der Waals surface area contributed by atoms with Crippen molar-refractivity contribution in [2.24, 2.45) is 0 Å². The highest BCUT2D eigenvalue weighted by atomic mass is 16.5. The molecule has 0 aliphatic carbocycles. The van der Waals surface area contributed by atoms with Crippen LogP contribution in [-0.4, -0.2) is 26.1 Å². The third-order valence-corrected chi connectivity index (χ3v) is 4.04. The molecule has 2 N–H and O–H groups in total. The number of rotatable bonds is 5. The van der Waals surface area contributed by atoms with Gasteiger partial charge in [0.1, 0.15) is 5.75 Å². The lowest BCUT2D eigenvalue weighted by Gasteiger charge is -2.23. The van der Waals surface area contributed by atoms with Gasteiger partial charge in [0.25, 0.3) is 0 Å². The first-order chi connectivity index (χ1) is 11.3. The molecular weight excluding hydrogens is 288 g/mol. The van der Waals surface area contributed by atoms with Crippen molar-refractivity contribution in [2.45, 2.75) is 18.9 Å². The Morgan fingerprint density at radius 3 is 2.78 bits per heavy atom. The van der Waals surface area contributed by atoms with Crippen LogP contribution < -0.4 is 15.4 Å². The van der Waals surface area contributed by atoms with Crippen LogP contribution in [0.4, 0.5) is 0 Å². The van der Waals surface area contributed by atoms with E-state index in [-0.39, 0.29) is 11.9 Å². The van der Waals surface area contributed by atoms with Gasteiger partial charge in [-0.2, -0.15) is 0 Å². The summed E-state index contributed by atoms with van der Waals surface area (Å²) in [6.07, 6.45) is 2.06. The number of aryl methyl sites for hydroxylation is 1. The highest BCUT2D eigenvalue weighted by molar-refractivity contribution is 5.79. The van der Waals surface area contributed by atoms with Crippen molar-refractivity contribution in [1.29, 1.82) is 0 Å². The maximum atomic E-state index is 12.1. The molecule has 0 radical (unpaired) electrons. The van der Waals surface area contributed by atoms with Crippen LogP contribution in [0.5, 0.6) is 5.75 Å². The van der Waals surface area contributed by atoms with E-state index in [9.17, 15) is 4.79 Å². The van der Waals surface area contributed by atoms with E-state index in [0.717, 1.165) is 36.3 Å². The number of ether oxygens (including phenoxy) is 1. The lowest BCUT2D eigenvalue weighted by atomic mass is 9.95. The van der Waals surface area contributed by atoms with Gasteiger partial charge in [0.05, 0.1) is 19.2 Å². The summed E-state index contributed by atoms with van der Waals surface area (Å²) >= 11 is 0. The van der Waals surface area contributed by atoms with E-state index >= 15 is 0 Å². The summed E-state index contributed by atoms with van der Waals surface area (Å²) in [5, 5.41) is 6.01. The van der Waals surface area contributed by atoms with Gasteiger partial charge < -0.3 is 15.4 Å². The molecule has 2 aromatic rings. The van der Waals surface area contributed by atoms with Gasteiger partial charge in [0, 0.05) is 0 Å². The van der Waals surface area contributed by atoms with Gasteiger partial charge in [-0.1, -0.05) is 36.4 Å². The Balaban J connectivity index is 1.93. The first kappa shape index (κ1) is 15.6. The second kappa shape index (κ2) is 7.29. The van der Waals surface area contributed by atoms with Crippen molar-refractivity contribution < 1.29 is 9.53 Å². The summed E-state index contributed by atoms with van der Waals surface area (Å²) < 4.78 is 5.69. The number of carbonyl (C=O) groups is 1. The molecule has 120 valence electrons. The van der Waals surface area contributed by atoms with Crippen LogP contribution in [-0.2, 0) is 11.2 Å². The van der Waals surface area contributed by atoms with Crippen LogP contribution in [0, 0.1) is 0 Å². The van der Waals surface area contributed by atoms with E-state index in [0.29, 0.717) is 6.54 Å². The van der Waals surface area contributed by atoms with E-state index in [1.54, 1.807) is 7.05 Å². The number of nitrogens with one attached hydrogen (secondary N) is 2. The van der Waals surface area contributed by atoms with Crippen molar-refractivity contribution in [1.82, 2.24) is 10.6 Å². The molecule has 0 bridgehead atoms.